The molecule has 4 N–H and O–H groups in total. The van der Waals surface area contributed by atoms with Crippen LogP contribution in [0.15, 0.2) is 11.7 Å². The summed E-state index contributed by atoms with van der Waals surface area (Å²) in [7, 11) is 0. The van der Waals surface area contributed by atoms with Gasteiger partial charge in [-0.2, -0.15) is 8.78 Å². The van der Waals surface area contributed by atoms with E-state index in [1.165, 1.54) is 0 Å². The van der Waals surface area contributed by atoms with Crippen molar-refractivity contribution in [2.45, 2.75) is 25.3 Å². The molecular formula is C8H12F2NO2+. The van der Waals surface area contributed by atoms with Gasteiger partial charge in [0, 0.05) is 6.42 Å². The molecule has 1 aliphatic carbocycles. The summed E-state index contributed by atoms with van der Waals surface area (Å²) in [6, 6.07) is -0.542. The Balaban J connectivity index is 2.67. The normalized spacial score (nSPS) is 28.7. The molecular weight excluding hydrogens is 180 g/mol. The summed E-state index contributed by atoms with van der Waals surface area (Å²) in [5.74, 6) is -1.42. The topological polar surface area (TPSA) is 64.9 Å². The molecule has 1 rings (SSSR count). The Labute approximate surface area is 74.2 Å². The van der Waals surface area contributed by atoms with Crippen molar-refractivity contribution >= 4 is 5.97 Å². The van der Waals surface area contributed by atoms with Crippen molar-refractivity contribution in [3.8, 4) is 0 Å². The molecule has 0 aromatic carbocycles. The standard InChI is InChI=1S/C8H11F2NO2/c9-7(10)5-2-1-4(8(12)13)3-6(5)11/h4,6H,1-3,11H2,(H,12,13)/p+1/t4-,6-/m0/s1. The monoisotopic (exact) mass is 192 g/mol. The van der Waals surface area contributed by atoms with Gasteiger partial charge in [0.25, 0.3) is 6.08 Å². The maximum absolute atomic E-state index is 12.2. The van der Waals surface area contributed by atoms with Crippen LogP contribution in [0.3, 0.4) is 0 Å². The number of hydrogen-bond donors (Lipinski definition) is 2. The second-order valence-electron chi connectivity index (χ2n) is 3.29. The predicted molar refractivity (Wildman–Crippen MR) is 40.9 cm³/mol. The van der Waals surface area contributed by atoms with Gasteiger partial charge in [-0.15, -0.1) is 0 Å². The van der Waals surface area contributed by atoms with Crippen molar-refractivity contribution in [1.82, 2.24) is 0 Å². The first-order chi connectivity index (χ1) is 6.02. The average molecular weight is 192 g/mol. The zero-order chi connectivity index (χ0) is 10.0. The van der Waals surface area contributed by atoms with E-state index in [2.05, 4.69) is 5.73 Å². The second kappa shape index (κ2) is 3.83. The van der Waals surface area contributed by atoms with Gasteiger partial charge in [0.1, 0.15) is 6.04 Å². The summed E-state index contributed by atoms with van der Waals surface area (Å²) in [4.78, 5) is 10.5. The van der Waals surface area contributed by atoms with Gasteiger partial charge >= 0.3 is 5.97 Å². The largest absolute Gasteiger partial charge is 0.481 e. The van der Waals surface area contributed by atoms with E-state index in [0.29, 0.717) is 6.42 Å². The summed E-state index contributed by atoms with van der Waals surface area (Å²) in [5.41, 5.74) is 3.56. The average Bonchev–Trinajstić information content (AvgIpc) is 2.03. The first kappa shape index (κ1) is 10.1. The van der Waals surface area contributed by atoms with Crippen LogP contribution in [0.1, 0.15) is 19.3 Å². The minimum absolute atomic E-state index is 0.0255. The summed E-state index contributed by atoms with van der Waals surface area (Å²) in [6.07, 6.45) is -1.01. The van der Waals surface area contributed by atoms with Gasteiger partial charge in [-0.3, -0.25) is 4.79 Å². The van der Waals surface area contributed by atoms with Crippen LogP contribution in [0.25, 0.3) is 0 Å². The van der Waals surface area contributed by atoms with Gasteiger partial charge < -0.3 is 10.8 Å². The Bertz CT molecular complexity index is 249. The molecule has 2 atom stereocenters. The highest BCUT2D eigenvalue weighted by molar-refractivity contribution is 5.70. The van der Waals surface area contributed by atoms with E-state index >= 15 is 0 Å². The van der Waals surface area contributed by atoms with Crippen molar-refractivity contribution < 1.29 is 24.4 Å². The number of quaternary nitrogens is 1. The Kier molecular flexibility index (Phi) is 2.98. The van der Waals surface area contributed by atoms with Gasteiger partial charge in [0.2, 0.25) is 0 Å². The minimum Gasteiger partial charge on any atom is -0.481 e. The van der Waals surface area contributed by atoms with Gasteiger partial charge in [-0.1, -0.05) is 0 Å². The van der Waals surface area contributed by atoms with E-state index in [0.717, 1.165) is 0 Å². The quantitative estimate of drug-likeness (QED) is 0.640. The van der Waals surface area contributed by atoms with Crippen LogP contribution < -0.4 is 5.73 Å². The highest BCUT2D eigenvalue weighted by Crippen LogP contribution is 2.29. The molecule has 1 fully saturated rings. The van der Waals surface area contributed by atoms with Crippen molar-refractivity contribution in [2.24, 2.45) is 5.92 Å². The van der Waals surface area contributed by atoms with E-state index in [9.17, 15) is 13.6 Å². The van der Waals surface area contributed by atoms with Crippen LogP contribution in [0.2, 0.25) is 0 Å². The third-order valence-corrected chi connectivity index (χ3v) is 2.42. The van der Waals surface area contributed by atoms with Gasteiger partial charge in [-0.25, -0.2) is 0 Å². The maximum atomic E-state index is 12.2. The van der Waals surface area contributed by atoms with E-state index in [1.54, 1.807) is 0 Å². The molecule has 13 heavy (non-hydrogen) atoms. The molecule has 3 nitrogen and oxygen atoms in total. The van der Waals surface area contributed by atoms with Gasteiger partial charge in [-0.05, 0) is 12.8 Å². The van der Waals surface area contributed by atoms with Crippen molar-refractivity contribution in [1.29, 1.82) is 0 Å². The molecule has 0 unspecified atom stereocenters. The summed E-state index contributed by atoms with van der Waals surface area (Å²) < 4.78 is 24.4. The molecule has 0 bridgehead atoms. The van der Waals surface area contributed by atoms with E-state index in [-0.39, 0.29) is 18.4 Å². The molecule has 1 aliphatic rings. The van der Waals surface area contributed by atoms with Crippen LogP contribution in [0.4, 0.5) is 8.78 Å². The lowest BCUT2D eigenvalue weighted by atomic mass is 9.83. The summed E-state index contributed by atoms with van der Waals surface area (Å²) in [6.45, 7) is 0. The number of halogens is 2. The fourth-order valence-corrected chi connectivity index (χ4v) is 1.61. The molecule has 74 valence electrons. The van der Waals surface area contributed by atoms with E-state index in [4.69, 9.17) is 5.11 Å². The number of hydrogen-bond acceptors (Lipinski definition) is 1. The van der Waals surface area contributed by atoms with Crippen LogP contribution >= 0.6 is 0 Å². The SMILES string of the molecule is [NH3+][C@H]1C[C@@H](C(=O)O)CCC1=C(F)F. The molecule has 0 amide bonds. The highest BCUT2D eigenvalue weighted by atomic mass is 19.3. The number of rotatable bonds is 1. The molecule has 1 saturated carbocycles. The van der Waals surface area contributed by atoms with Gasteiger partial charge in [0.05, 0.1) is 11.5 Å². The van der Waals surface area contributed by atoms with E-state index in [1.807, 2.05) is 0 Å². The Morgan fingerprint density at radius 2 is 2.15 bits per heavy atom. The minimum atomic E-state index is -1.69. The molecule has 0 heterocycles. The molecule has 0 spiro atoms. The fourth-order valence-electron chi connectivity index (χ4n) is 1.61. The Hall–Kier alpha value is -0.970. The van der Waals surface area contributed by atoms with Crippen LogP contribution in [-0.4, -0.2) is 17.1 Å². The smallest absolute Gasteiger partial charge is 0.306 e. The lowest BCUT2D eigenvalue weighted by molar-refractivity contribution is -0.413. The van der Waals surface area contributed by atoms with Crippen LogP contribution in [0, 0.1) is 5.92 Å². The molecule has 0 aromatic rings. The van der Waals surface area contributed by atoms with Crippen LogP contribution in [0.5, 0.6) is 0 Å². The zero-order valence-electron chi connectivity index (χ0n) is 7.09. The Morgan fingerprint density at radius 3 is 2.54 bits per heavy atom. The molecule has 0 radical (unpaired) electrons. The molecule has 0 aliphatic heterocycles. The third-order valence-electron chi connectivity index (χ3n) is 2.42. The van der Waals surface area contributed by atoms with Crippen LogP contribution in [-0.2, 0) is 4.79 Å². The molecule has 0 saturated heterocycles. The summed E-state index contributed by atoms with van der Waals surface area (Å²) >= 11 is 0. The summed E-state index contributed by atoms with van der Waals surface area (Å²) in [5, 5.41) is 8.65. The third kappa shape index (κ3) is 2.24. The van der Waals surface area contributed by atoms with Crippen molar-refractivity contribution in [3.05, 3.63) is 11.7 Å². The lowest BCUT2D eigenvalue weighted by Crippen LogP contribution is -2.63. The fraction of sp³-hybridized carbons (Fsp3) is 0.625. The maximum Gasteiger partial charge on any atom is 0.306 e. The van der Waals surface area contributed by atoms with Gasteiger partial charge in [0.15, 0.2) is 0 Å². The molecule has 5 heteroatoms. The zero-order valence-corrected chi connectivity index (χ0v) is 7.09. The number of aliphatic carboxylic acids is 1. The lowest BCUT2D eigenvalue weighted by Gasteiger charge is -2.23. The predicted octanol–water partition coefficient (Wildman–Crippen LogP) is 0.632. The second-order valence-corrected chi connectivity index (χ2v) is 3.29. The highest BCUT2D eigenvalue weighted by Gasteiger charge is 2.32. The van der Waals surface area contributed by atoms with E-state index < -0.39 is 24.0 Å². The van der Waals surface area contributed by atoms with Crippen molar-refractivity contribution in [3.63, 3.8) is 0 Å². The first-order valence-corrected chi connectivity index (χ1v) is 4.12. The van der Waals surface area contributed by atoms with Crippen molar-refractivity contribution in [2.75, 3.05) is 0 Å². The Morgan fingerprint density at radius 1 is 1.54 bits per heavy atom. The first-order valence-electron chi connectivity index (χ1n) is 4.12. The number of carboxylic acid groups (broad SMARTS) is 1. The number of carbonyl (C=O) groups is 1. The molecule has 0 aromatic heterocycles. The number of carboxylic acids is 1.